The molecule has 2 atom stereocenters. The highest BCUT2D eigenvalue weighted by Gasteiger charge is 2.42. The lowest BCUT2D eigenvalue weighted by molar-refractivity contribution is 0.549. The van der Waals surface area contributed by atoms with Crippen LogP contribution in [0.4, 0.5) is 15.8 Å². The van der Waals surface area contributed by atoms with Gasteiger partial charge >= 0.3 is 0 Å². The maximum Gasteiger partial charge on any atom is 0.229 e. The van der Waals surface area contributed by atoms with Gasteiger partial charge in [0.1, 0.15) is 11.9 Å². The molecule has 1 fully saturated rings. The van der Waals surface area contributed by atoms with Crippen LogP contribution in [0.2, 0.25) is 5.02 Å². The van der Waals surface area contributed by atoms with Gasteiger partial charge in [-0.3, -0.25) is 9.71 Å². The molecule has 1 aliphatic heterocycles. The minimum atomic E-state index is -3.43. The number of thiocarbonyl (C=S) groups is 1. The summed E-state index contributed by atoms with van der Waals surface area (Å²) in [6, 6.07) is 19.0. The number of hydrogen-bond acceptors (Lipinski definition) is 4. The standard InChI is InChI=1S/C26H23ClFN5O2S2/c1-16-14-18(9-11-21(16)31-37(2,34)35)33-25(24(30-26(33)36)22-6-3-4-12-29-22)23-7-5-13-32(23)17-8-10-20(28)19(27)15-17/h3-15,24-25,31H,1-2H3,(H,30,36). The number of pyridine rings is 1. The van der Waals surface area contributed by atoms with Gasteiger partial charge in [-0.25, -0.2) is 12.8 Å². The molecule has 11 heteroatoms. The third-order valence-electron chi connectivity index (χ3n) is 6.15. The van der Waals surface area contributed by atoms with Crippen LogP contribution in [-0.4, -0.2) is 29.3 Å². The van der Waals surface area contributed by atoms with E-state index in [0.29, 0.717) is 16.5 Å². The Morgan fingerprint density at radius 3 is 2.54 bits per heavy atom. The van der Waals surface area contributed by atoms with Crippen LogP contribution in [0.25, 0.3) is 5.69 Å². The molecule has 0 bridgehead atoms. The first-order valence-electron chi connectivity index (χ1n) is 11.3. The zero-order valence-electron chi connectivity index (χ0n) is 19.9. The molecule has 0 amide bonds. The number of halogens is 2. The molecule has 7 nitrogen and oxygen atoms in total. The number of hydrogen-bond donors (Lipinski definition) is 2. The Kier molecular flexibility index (Phi) is 6.65. The fourth-order valence-electron chi connectivity index (χ4n) is 4.55. The molecule has 2 N–H and O–H groups in total. The summed E-state index contributed by atoms with van der Waals surface area (Å²) in [5.41, 5.74) is 4.39. The van der Waals surface area contributed by atoms with Crippen molar-refractivity contribution in [3.05, 3.63) is 107 Å². The fraction of sp³-hybridized carbons (Fsp3) is 0.154. The molecule has 2 aromatic carbocycles. The quantitative estimate of drug-likeness (QED) is 0.305. The Labute approximate surface area is 225 Å². The Bertz CT molecular complexity index is 1590. The molecule has 1 aliphatic rings. The number of nitrogens with one attached hydrogen (secondary N) is 2. The molecule has 0 radical (unpaired) electrons. The summed E-state index contributed by atoms with van der Waals surface area (Å²) in [6.07, 6.45) is 4.73. The van der Waals surface area contributed by atoms with Crippen LogP contribution in [-0.2, 0) is 10.0 Å². The van der Waals surface area contributed by atoms with Crippen molar-refractivity contribution in [3.8, 4) is 5.69 Å². The van der Waals surface area contributed by atoms with Gasteiger partial charge in [0.25, 0.3) is 0 Å². The van der Waals surface area contributed by atoms with E-state index in [-0.39, 0.29) is 17.1 Å². The maximum atomic E-state index is 13.9. The summed E-state index contributed by atoms with van der Waals surface area (Å²) in [6.45, 7) is 1.83. The molecule has 3 heterocycles. The van der Waals surface area contributed by atoms with E-state index in [0.717, 1.165) is 28.9 Å². The topological polar surface area (TPSA) is 79.3 Å². The lowest BCUT2D eigenvalue weighted by Gasteiger charge is -2.29. The van der Waals surface area contributed by atoms with Gasteiger partial charge in [0.15, 0.2) is 5.11 Å². The fourth-order valence-corrected chi connectivity index (χ4v) is 5.70. The molecular weight excluding hydrogens is 533 g/mol. The summed E-state index contributed by atoms with van der Waals surface area (Å²) in [4.78, 5) is 6.57. The highest BCUT2D eigenvalue weighted by Crippen LogP contribution is 2.43. The van der Waals surface area contributed by atoms with Crippen molar-refractivity contribution in [1.29, 1.82) is 0 Å². The van der Waals surface area contributed by atoms with Crippen molar-refractivity contribution in [1.82, 2.24) is 14.9 Å². The lowest BCUT2D eigenvalue weighted by Crippen LogP contribution is -2.30. The number of rotatable bonds is 6. The van der Waals surface area contributed by atoms with Crippen LogP contribution in [0.15, 0.2) is 79.1 Å². The van der Waals surface area contributed by atoms with Gasteiger partial charge in [0, 0.05) is 29.5 Å². The summed E-state index contributed by atoms with van der Waals surface area (Å²) in [5, 5.41) is 3.93. The van der Waals surface area contributed by atoms with E-state index in [1.807, 2.05) is 65.1 Å². The second-order valence-corrected chi connectivity index (χ2v) is 11.3. The summed E-state index contributed by atoms with van der Waals surface area (Å²) < 4.78 is 41.9. The summed E-state index contributed by atoms with van der Waals surface area (Å²) in [5.74, 6) is -0.492. The first-order chi connectivity index (χ1) is 17.6. The van der Waals surface area contributed by atoms with Gasteiger partial charge < -0.3 is 14.8 Å². The van der Waals surface area contributed by atoms with Crippen LogP contribution in [0.1, 0.15) is 29.0 Å². The SMILES string of the molecule is Cc1cc(N2C(=S)NC(c3ccccn3)C2c2cccn2-c2ccc(F)c(Cl)c2)ccc1NS(C)(=O)=O. The smallest absolute Gasteiger partial charge is 0.229 e. The molecule has 1 saturated heterocycles. The van der Waals surface area contributed by atoms with E-state index in [4.69, 9.17) is 23.8 Å². The van der Waals surface area contributed by atoms with Crippen molar-refractivity contribution < 1.29 is 12.8 Å². The zero-order valence-corrected chi connectivity index (χ0v) is 22.3. The second kappa shape index (κ2) is 9.77. The zero-order chi connectivity index (χ0) is 26.3. The van der Waals surface area contributed by atoms with E-state index in [9.17, 15) is 12.8 Å². The summed E-state index contributed by atoms with van der Waals surface area (Å²) >= 11 is 11.9. The first kappa shape index (κ1) is 25.2. The van der Waals surface area contributed by atoms with E-state index in [2.05, 4.69) is 15.0 Å². The molecular formula is C26H23ClFN5O2S2. The largest absolute Gasteiger partial charge is 0.351 e. The predicted octanol–water partition coefficient (Wildman–Crippen LogP) is 5.52. The highest BCUT2D eigenvalue weighted by atomic mass is 35.5. The number of anilines is 2. The monoisotopic (exact) mass is 555 g/mol. The normalized spacial score (nSPS) is 17.6. The molecule has 190 valence electrons. The Morgan fingerprint density at radius 1 is 1.08 bits per heavy atom. The molecule has 2 aromatic heterocycles. The minimum Gasteiger partial charge on any atom is -0.351 e. The third-order valence-corrected chi connectivity index (χ3v) is 7.34. The molecule has 2 unspecified atom stereocenters. The van der Waals surface area contributed by atoms with Crippen LogP contribution >= 0.6 is 23.8 Å². The average Bonchev–Trinajstić information content (AvgIpc) is 3.46. The van der Waals surface area contributed by atoms with Crippen LogP contribution in [0, 0.1) is 12.7 Å². The molecule has 37 heavy (non-hydrogen) atoms. The third kappa shape index (κ3) is 5.04. The first-order valence-corrected chi connectivity index (χ1v) is 14.0. The Hall–Kier alpha value is -3.47. The average molecular weight is 556 g/mol. The van der Waals surface area contributed by atoms with Crippen molar-refractivity contribution in [2.75, 3.05) is 15.9 Å². The van der Waals surface area contributed by atoms with Gasteiger partial charge in [-0.1, -0.05) is 17.7 Å². The number of nitrogens with zero attached hydrogens (tertiary/aromatic N) is 3. The van der Waals surface area contributed by atoms with E-state index < -0.39 is 15.8 Å². The minimum absolute atomic E-state index is 0.0277. The molecule has 0 aliphatic carbocycles. The van der Waals surface area contributed by atoms with Crippen molar-refractivity contribution in [3.63, 3.8) is 0 Å². The van der Waals surface area contributed by atoms with Crippen molar-refractivity contribution >= 4 is 50.3 Å². The van der Waals surface area contributed by atoms with E-state index >= 15 is 0 Å². The van der Waals surface area contributed by atoms with Gasteiger partial charge in [0.05, 0.1) is 28.7 Å². The molecule has 4 aromatic rings. The number of aromatic nitrogens is 2. The van der Waals surface area contributed by atoms with Crippen LogP contribution in [0.5, 0.6) is 0 Å². The molecule has 5 rings (SSSR count). The van der Waals surface area contributed by atoms with Gasteiger partial charge in [-0.05, 0) is 85.4 Å². The lowest BCUT2D eigenvalue weighted by atomic mass is 10.0. The number of benzene rings is 2. The van der Waals surface area contributed by atoms with Crippen LogP contribution in [0.3, 0.4) is 0 Å². The summed E-state index contributed by atoms with van der Waals surface area (Å²) in [7, 11) is -3.43. The van der Waals surface area contributed by atoms with Gasteiger partial charge in [0.2, 0.25) is 10.0 Å². The van der Waals surface area contributed by atoms with Crippen molar-refractivity contribution in [2.45, 2.75) is 19.0 Å². The highest BCUT2D eigenvalue weighted by molar-refractivity contribution is 7.92. The van der Waals surface area contributed by atoms with E-state index in [1.165, 1.54) is 6.07 Å². The number of sulfonamides is 1. The van der Waals surface area contributed by atoms with Crippen LogP contribution < -0.4 is 14.9 Å². The van der Waals surface area contributed by atoms with E-state index in [1.54, 1.807) is 24.4 Å². The Morgan fingerprint density at radius 2 is 1.86 bits per heavy atom. The maximum absolute atomic E-state index is 13.9. The molecule has 0 saturated carbocycles. The predicted molar refractivity (Wildman–Crippen MR) is 148 cm³/mol. The second-order valence-electron chi connectivity index (χ2n) is 8.77. The number of aryl methyl sites for hydroxylation is 1. The Balaban J connectivity index is 1.64. The van der Waals surface area contributed by atoms with Gasteiger partial charge in [-0.2, -0.15) is 0 Å². The van der Waals surface area contributed by atoms with Crippen molar-refractivity contribution in [2.24, 2.45) is 0 Å². The van der Waals surface area contributed by atoms with Gasteiger partial charge in [-0.15, -0.1) is 0 Å². The molecule has 0 spiro atoms.